The maximum absolute atomic E-state index is 13.6. The fourth-order valence-electron chi connectivity index (χ4n) is 1.77. The zero-order valence-electron chi connectivity index (χ0n) is 11.0. The maximum Gasteiger partial charge on any atom is 0.161 e. The zero-order chi connectivity index (χ0) is 14.5. The number of halogens is 2. The van der Waals surface area contributed by atoms with Crippen molar-refractivity contribution in [3.63, 3.8) is 0 Å². The van der Waals surface area contributed by atoms with Gasteiger partial charge in [-0.15, -0.1) is 0 Å². The van der Waals surface area contributed by atoms with Crippen molar-refractivity contribution in [2.75, 3.05) is 7.11 Å². The third kappa shape index (κ3) is 3.40. The minimum absolute atomic E-state index is 0.0662. The van der Waals surface area contributed by atoms with Crippen LogP contribution in [0.4, 0.5) is 4.39 Å². The molecule has 0 aromatic heterocycles. The minimum atomic E-state index is -0.358. The molecule has 20 heavy (non-hydrogen) atoms. The summed E-state index contributed by atoms with van der Waals surface area (Å²) in [5.41, 5.74) is 6.88. The van der Waals surface area contributed by atoms with E-state index in [1.54, 1.807) is 19.2 Å². The summed E-state index contributed by atoms with van der Waals surface area (Å²) in [6, 6.07) is 9.75. The van der Waals surface area contributed by atoms with Crippen molar-refractivity contribution in [2.24, 2.45) is 5.73 Å². The van der Waals surface area contributed by atoms with E-state index in [0.29, 0.717) is 28.6 Å². The number of ether oxygens (including phenoxy) is 2. The van der Waals surface area contributed by atoms with Crippen LogP contribution in [0.15, 0.2) is 36.4 Å². The molecule has 0 aliphatic carbocycles. The summed E-state index contributed by atoms with van der Waals surface area (Å²) in [7, 11) is 1.55. The van der Waals surface area contributed by atoms with E-state index in [1.807, 2.05) is 6.07 Å². The summed E-state index contributed by atoms with van der Waals surface area (Å²) in [5.74, 6) is 0.739. The number of nitrogens with two attached hydrogens (primary N) is 1. The third-order valence-corrected chi connectivity index (χ3v) is 3.09. The van der Waals surface area contributed by atoms with Crippen molar-refractivity contribution in [2.45, 2.75) is 13.2 Å². The molecule has 0 radical (unpaired) electrons. The highest BCUT2D eigenvalue weighted by Gasteiger charge is 2.08. The molecule has 0 spiro atoms. The van der Waals surface area contributed by atoms with Gasteiger partial charge in [-0.25, -0.2) is 4.39 Å². The van der Waals surface area contributed by atoms with Crippen molar-refractivity contribution >= 4 is 11.6 Å². The first kappa shape index (κ1) is 14.6. The lowest BCUT2D eigenvalue weighted by Gasteiger charge is -2.12. The van der Waals surface area contributed by atoms with Gasteiger partial charge in [0.1, 0.15) is 12.4 Å². The van der Waals surface area contributed by atoms with Gasteiger partial charge in [-0.3, -0.25) is 0 Å². The van der Waals surface area contributed by atoms with Crippen molar-refractivity contribution in [3.05, 3.63) is 58.4 Å². The van der Waals surface area contributed by atoms with Crippen molar-refractivity contribution in [1.82, 2.24) is 0 Å². The summed E-state index contributed by atoms with van der Waals surface area (Å²) in [4.78, 5) is 0. The van der Waals surface area contributed by atoms with Gasteiger partial charge in [0.2, 0.25) is 0 Å². The highest BCUT2D eigenvalue weighted by Crippen LogP contribution is 2.29. The number of hydrogen-bond acceptors (Lipinski definition) is 3. The molecule has 0 atom stereocenters. The smallest absolute Gasteiger partial charge is 0.161 e. The molecule has 2 aromatic rings. The molecule has 106 valence electrons. The molecule has 2 aromatic carbocycles. The van der Waals surface area contributed by atoms with Crippen LogP contribution in [0.25, 0.3) is 0 Å². The van der Waals surface area contributed by atoms with Crippen molar-refractivity contribution in [1.29, 1.82) is 0 Å². The predicted octanol–water partition coefficient (Wildman–Crippen LogP) is 3.53. The molecule has 2 rings (SSSR count). The second kappa shape index (κ2) is 6.59. The molecular weight excluding hydrogens is 281 g/mol. The molecule has 5 heteroatoms. The Hall–Kier alpha value is -1.78. The average Bonchev–Trinajstić information content (AvgIpc) is 2.47. The molecule has 0 amide bonds. The quantitative estimate of drug-likeness (QED) is 0.918. The molecule has 0 bridgehead atoms. The Kier molecular flexibility index (Phi) is 4.82. The van der Waals surface area contributed by atoms with E-state index in [9.17, 15) is 4.39 Å². The van der Waals surface area contributed by atoms with Crippen LogP contribution < -0.4 is 15.2 Å². The van der Waals surface area contributed by atoms with Crippen LogP contribution in [-0.2, 0) is 13.2 Å². The van der Waals surface area contributed by atoms with Crippen LogP contribution in [0.1, 0.15) is 11.1 Å². The summed E-state index contributed by atoms with van der Waals surface area (Å²) in [6.45, 7) is 0.461. The Morgan fingerprint density at radius 3 is 2.65 bits per heavy atom. The molecular formula is C15H15ClFNO2. The average molecular weight is 296 g/mol. The minimum Gasteiger partial charge on any atom is -0.493 e. The highest BCUT2D eigenvalue weighted by molar-refractivity contribution is 6.30. The van der Waals surface area contributed by atoms with Gasteiger partial charge < -0.3 is 15.2 Å². The van der Waals surface area contributed by atoms with Gasteiger partial charge in [-0.2, -0.15) is 0 Å². The van der Waals surface area contributed by atoms with Gasteiger partial charge in [-0.1, -0.05) is 17.7 Å². The lowest BCUT2D eigenvalue weighted by molar-refractivity contribution is 0.279. The molecule has 3 nitrogen and oxygen atoms in total. The van der Waals surface area contributed by atoms with Crippen LogP contribution in [-0.4, -0.2) is 7.11 Å². The normalized spacial score (nSPS) is 10.4. The second-order valence-electron chi connectivity index (χ2n) is 4.21. The summed E-state index contributed by atoms with van der Waals surface area (Å²) in [5, 5.41) is 0.465. The van der Waals surface area contributed by atoms with Crippen LogP contribution >= 0.6 is 11.6 Å². The maximum atomic E-state index is 13.6. The molecule has 2 N–H and O–H groups in total. The number of benzene rings is 2. The van der Waals surface area contributed by atoms with Gasteiger partial charge in [0.05, 0.1) is 7.11 Å². The van der Waals surface area contributed by atoms with Gasteiger partial charge in [0.15, 0.2) is 11.5 Å². The van der Waals surface area contributed by atoms with E-state index in [0.717, 1.165) is 5.56 Å². The number of hydrogen-bond donors (Lipinski definition) is 1. The largest absolute Gasteiger partial charge is 0.493 e. The van der Waals surface area contributed by atoms with Crippen LogP contribution in [0.5, 0.6) is 11.5 Å². The van der Waals surface area contributed by atoms with E-state index in [1.165, 1.54) is 18.2 Å². The Bertz CT molecular complexity index is 604. The van der Waals surface area contributed by atoms with E-state index < -0.39 is 0 Å². The molecule has 0 unspecified atom stereocenters. The topological polar surface area (TPSA) is 44.5 Å². The number of rotatable bonds is 5. The van der Waals surface area contributed by atoms with E-state index in [-0.39, 0.29) is 12.4 Å². The number of methoxy groups -OCH3 is 1. The highest BCUT2D eigenvalue weighted by atomic mass is 35.5. The summed E-state index contributed by atoms with van der Waals surface area (Å²) < 4.78 is 24.4. The van der Waals surface area contributed by atoms with Gasteiger partial charge >= 0.3 is 0 Å². The molecule has 0 heterocycles. The first-order valence-corrected chi connectivity index (χ1v) is 6.45. The molecule has 0 aliphatic rings. The molecule has 0 saturated carbocycles. The summed E-state index contributed by atoms with van der Waals surface area (Å²) in [6.07, 6.45) is 0. The summed E-state index contributed by atoms with van der Waals surface area (Å²) >= 11 is 5.84. The van der Waals surface area contributed by atoms with Gasteiger partial charge in [-0.05, 0) is 35.9 Å². The standard InChI is InChI=1S/C15H15ClFNO2/c1-19-14-5-2-10(8-18)6-15(14)20-9-11-7-12(16)3-4-13(11)17/h2-7H,8-9,18H2,1H3. The molecule has 0 aliphatic heterocycles. The second-order valence-corrected chi connectivity index (χ2v) is 4.65. The predicted molar refractivity (Wildman–Crippen MR) is 76.6 cm³/mol. The van der Waals surface area contributed by atoms with Crippen LogP contribution in [0.2, 0.25) is 5.02 Å². The van der Waals surface area contributed by atoms with Gasteiger partial charge in [0, 0.05) is 17.1 Å². The molecule has 0 saturated heterocycles. The van der Waals surface area contributed by atoms with Crippen LogP contribution in [0.3, 0.4) is 0 Å². The van der Waals surface area contributed by atoms with Gasteiger partial charge in [0.25, 0.3) is 0 Å². The van der Waals surface area contributed by atoms with E-state index in [4.69, 9.17) is 26.8 Å². The first-order chi connectivity index (χ1) is 9.63. The molecule has 0 fully saturated rings. The Balaban J connectivity index is 2.19. The SMILES string of the molecule is COc1ccc(CN)cc1OCc1cc(Cl)ccc1F. The Morgan fingerprint density at radius 2 is 1.95 bits per heavy atom. The third-order valence-electron chi connectivity index (χ3n) is 2.85. The first-order valence-electron chi connectivity index (χ1n) is 6.07. The Morgan fingerprint density at radius 1 is 1.15 bits per heavy atom. The van der Waals surface area contributed by atoms with Crippen molar-refractivity contribution < 1.29 is 13.9 Å². The van der Waals surface area contributed by atoms with E-state index in [2.05, 4.69) is 0 Å². The monoisotopic (exact) mass is 295 g/mol. The van der Waals surface area contributed by atoms with Crippen molar-refractivity contribution in [3.8, 4) is 11.5 Å². The van der Waals surface area contributed by atoms with E-state index >= 15 is 0 Å². The Labute approximate surface area is 122 Å². The lowest BCUT2D eigenvalue weighted by atomic mass is 10.2. The lowest BCUT2D eigenvalue weighted by Crippen LogP contribution is -2.02. The zero-order valence-corrected chi connectivity index (χ0v) is 11.8. The van der Waals surface area contributed by atoms with Crippen LogP contribution in [0, 0.1) is 5.82 Å². The fourth-order valence-corrected chi connectivity index (χ4v) is 1.97. The fraction of sp³-hybridized carbons (Fsp3) is 0.200.